The number of piperazine rings is 1. The number of aryl methyl sites for hydroxylation is 1. The zero-order valence-electron chi connectivity index (χ0n) is 17.2. The van der Waals surface area contributed by atoms with Crippen LogP contribution < -0.4 is 10.1 Å². The smallest absolute Gasteiger partial charge is 0.234 e. The molecule has 0 spiro atoms. The maximum absolute atomic E-state index is 12.4. The van der Waals surface area contributed by atoms with Gasteiger partial charge >= 0.3 is 0 Å². The maximum atomic E-state index is 12.4. The van der Waals surface area contributed by atoms with Gasteiger partial charge in [0.25, 0.3) is 0 Å². The van der Waals surface area contributed by atoms with Gasteiger partial charge in [-0.1, -0.05) is 37.5 Å². The second kappa shape index (κ2) is 9.56. The summed E-state index contributed by atoms with van der Waals surface area (Å²) < 4.78 is 5.51. The highest BCUT2D eigenvalue weighted by Crippen LogP contribution is 2.24. The normalized spacial score (nSPS) is 24.6. The molecule has 0 radical (unpaired) electrons. The first-order chi connectivity index (χ1) is 13.0. The second-order valence-corrected chi connectivity index (χ2v) is 8.30. The number of rotatable bonds is 6. The number of nitrogens with zero attached hydrogens (tertiary/aromatic N) is 2. The number of amides is 1. The summed E-state index contributed by atoms with van der Waals surface area (Å²) >= 11 is 0. The minimum atomic E-state index is 0.197. The Hall–Kier alpha value is -1.59. The Morgan fingerprint density at radius 1 is 1.15 bits per heavy atom. The fourth-order valence-electron chi connectivity index (χ4n) is 4.36. The van der Waals surface area contributed by atoms with Crippen molar-refractivity contribution in [3.8, 4) is 5.75 Å². The van der Waals surface area contributed by atoms with Gasteiger partial charge in [0, 0.05) is 44.3 Å². The van der Waals surface area contributed by atoms with E-state index in [-0.39, 0.29) is 5.91 Å². The molecule has 1 amide bonds. The summed E-state index contributed by atoms with van der Waals surface area (Å²) in [6, 6.07) is 6.73. The van der Waals surface area contributed by atoms with Crippen molar-refractivity contribution in [1.82, 2.24) is 15.1 Å². The molecular formula is C22H35N3O2. The van der Waals surface area contributed by atoms with Crippen LogP contribution in [0.25, 0.3) is 0 Å². The summed E-state index contributed by atoms with van der Waals surface area (Å²) in [4.78, 5) is 17.2. The lowest BCUT2D eigenvalue weighted by Gasteiger charge is -2.35. The number of hydrogen-bond donors (Lipinski definition) is 1. The Morgan fingerprint density at radius 2 is 1.85 bits per heavy atom. The van der Waals surface area contributed by atoms with E-state index in [9.17, 15) is 4.79 Å². The molecule has 2 aliphatic rings. The van der Waals surface area contributed by atoms with Crippen LogP contribution in [0.5, 0.6) is 5.75 Å². The molecule has 150 valence electrons. The Morgan fingerprint density at radius 3 is 2.56 bits per heavy atom. The van der Waals surface area contributed by atoms with Gasteiger partial charge in [0.2, 0.25) is 5.91 Å². The summed E-state index contributed by atoms with van der Waals surface area (Å²) in [7, 11) is 1.73. The van der Waals surface area contributed by atoms with E-state index in [4.69, 9.17) is 4.74 Å². The Kier molecular flexibility index (Phi) is 7.13. The van der Waals surface area contributed by atoms with Crippen LogP contribution >= 0.6 is 0 Å². The molecular weight excluding hydrogens is 338 g/mol. The summed E-state index contributed by atoms with van der Waals surface area (Å²) in [5, 5.41) is 3.28. The minimum Gasteiger partial charge on any atom is -0.496 e. The molecule has 5 heteroatoms. The van der Waals surface area contributed by atoms with E-state index in [1.807, 2.05) is 0 Å². The molecule has 0 bridgehead atoms. The van der Waals surface area contributed by atoms with E-state index in [0.717, 1.165) is 44.9 Å². The van der Waals surface area contributed by atoms with Gasteiger partial charge in [-0.3, -0.25) is 14.6 Å². The number of methoxy groups -OCH3 is 1. The molecule has 5 nitrogen and oxygen atoms in total. The lowest BCUT2D eigenvalue weighted by molar-refractivity contribution is -0.124. The van der Waals surface area contributed by atoms with Crippen molar-refractivity contribution in [3.05, 3.63) is 29.3 Å². The van der Waals surface area contributed by atoms with Crippen molar-refractivity contribution in [2.75, 3.05) is 39.8 Å². The summed E-state index contributed by atoms with van der Waals surface area (Å²) in [6.45, 7) is 9.70. The molecule has 2 fully saturated rings. The van der Waals surface area contributed by atoms with Crippen LogP contribution in [-0.2, 0) is 11.3 Å². The van der Waals surface area contributed by atoms with Gasteiger partial charge < -0.3 is 10.1 Å². The van der Waals surface area contributed by atoms with Gasteiger partial charge in [0.1, 0.15) is 5.75 Å². The van der Waals surface area contributed by atoms with Crippen LogP contribution in [0.3, 0.4) is 0 Å². The van der Waals surface area contributed by atoms with E-state index in [1.165, 1.54) is 30.4 Å². The third kappa shape index (κ3) is 5.69. The predicted octanol–water partition coefficient (Wildman–Crippen LogP) is 2.82. The van der Waals surface area contributed by atoms with Gasteiger partial charge in [-0.05, 0) is 31.7 Å². The first kappa shape index (κ1) is 20.2. The monoisotopic (exact) mass is 373 g/mol. The van der Waals surface area contributed by atoms with Crippen molar-refractivity contribution in [2.45, 2.75) is 52.1 Å². The molecule has 1 aromatic rings. The topological polar surface area (TPSA) is 44.8 Å². The fourth-order valence-corrected chi connectivity index (χ4v) is 4.36. The quantitative estimate of drug-likeness (QED) is 0.833. The molecule has 1 aliphatic heterocycles. The van der Waals surface area contributed by atoms with Crippen LogP contribution in [-0.4, -0.2) is 61.6 Å². The Bertz CT molecular complexity index is 626. The zero-order chi connectivity index (χ0) is 19.2. The van der Waals surface area contributed by atoms with Gasteiger partial charge in [-0.25, -0.2) is 0 Å². The first-order valence-electron chi connectivity index (χ1n) is 10.4. The van der Waals surface area contributed by atoms with E-state index < -0.39 is 0 Å². The number of nitrogens with one attached hydrogen (secondary N) is 1. The molecule has 2 atom stereocenters. The summed E-state index contributed by atoms with van der Waals surface area (Å²) in [5.74, 6) is 1.77. The van der Waals surface area contributed by atoms with Crippen molar-refractivity contribution in [2.24, 2.45) is 5.92 Å². The standard InChI is InChI=1S/C22H35N3O2/c1-17-8-9-21(27-3)19(14-17)15-24-10-12-25(13-11-24)16-22(26)23-20-7-5-4-6-18(20)2/h8-9,14,18,20H,4-7,10-13,15-16H2,1-3H3,(H,23,26)/t18-,20-/m0/s1. The zero-order valence-corrected chi connectivity index (χ0v) is 17.2. The highest BCUT2D eigenvalue weighted by molar-refractivity contribution is 5.78. The number of benzene rings is 1. The number of carbonyl (C=O) groups excluding carboxylic acids is 1. The van der Waals surface area contributed by atoms with Crippen LogP contribution in [0.1, 0.15) is 43.7 Å². The average molecular weight is 374 g/mol. The van der Waals surface area contributed by atoms with Gasteiger partial charge in [0.15, 0.2) is 0 Å². The lowest BCUT2D eigenvalue weighted by Crippen LogP contribution is -2.51. The van der Waals surface area contributed by atoms with E-state index >= 15 is 0 Å². The summed E-state index contributed by atoms with van der Waals surface area (Å²) in [6.07, 6.45) is 4.93. The van der Waals surface area contributed by atoms with Crippen molar-refractivity contribution >= 4 is 5.91 Å². The van der Waals surface area contributed by atoms with E-state index in [2.05, 4.69) is 47.2 Å². The summed E-state index contributed by atoms with van der Waals surface area (Å²) in [5.41, 5.74) is 2.51. The maximum Gasteiger partial charge on any atom is 0.234 e. The first-order valence-corrected chi connectivity index (χ1v) is 10.4. The lowest BCUT2D eigenvalue weighted by atomic mass is 9.86. The van der Waals surface area contributed by atoms with Crippen LogP contribution in [0.2, 0.25) is 0 Å². The molecule has 27 heavy (non-hydrogen) atoms. The fraction of sp³-hybridized carbons (Fsp3) is 0.682. The molecule has 1 heterocycles. The van der Waals surface area contributed by atoms with Crippen molar-refractivity contribution in [3.63, 3.8) is 0 Å². The number of ether oxygens (including phenoxy) is 1. The van der Waals surface area contributed by atoms with Gasteiger partial charge in [0.05, 0.1) is 13.7 Å². The van der Waals surface area contributed by atoms with Crippen molar-refractivity contribution in [1.29, 1.82) is 0 Å². The Balaban J connectivity index is 1.43. The highest BCUT2D eigenvalue weighted by Gasteiger charge is 2.25. The van der Waals surface area contributed by atoms with Gasteiger partial charge in [-0.15, -0.1) is 0 Å². The van der Waals surface area contributed by atoms with Crippen molar-refractivity contribution < 1.29 is 9.53 Å². The minimum absolute atomic E-state index is 0.197. The number of carbonyl (C=O) groups is 1. The van der Waals surface area contributed by atoms with Crippen LogP contribution in [0.4, 0.5) is 0 Å². The third-order valence-corrected chi connectivity index (χ3v) is 6.12. The Labute approximate surface area is 164 Å². The molecule has 0 aromatic heterocycles. The highest BCUT2D eigenvalue weighted by atomic mass is 16.5. The molecule has 3 rings (SSSR count). The largest absolute Gasteiger partial charge is 0.496 e. The van der Waals surface area contributed by atoms with Crippen LogP contribution in [0.15, 0.2) is 18.2 Å². The molecule has 1 saturated carbocycles. The molecule has 1 aromatic carbocycles. The average Bonchev–Trinajstić information content (AvgIpc) is 2.65. The molecule has 1 saturated heterocycles. The third-order valence-electron chi connectivity index (χ3n) is 6.12. The van der Waals surface area contributed by atoms with Gasteiger partial charge in [-0.2, -0.15) is 0 Å². The van der Waals surface area contributed by atoms with Crippen LogP contribution in [0, 0.1) is 12.8 Å². The predicted molar refractivity (Wildman–Crippen MR) is 109 cm³/mol. The molecule has 1 N–H and O–H groups in total. The van der Waals surface area contributed by atoms with E-state index in [0.29, 0.717) is 18.5 Å². The SMILES string of the molecule is COc1ccc(C)cc1CN1CCN(CC(=O)N[C@H]2CCCC[C@@H]2C)CC1. The molecule has 1 aliphatic carbocycles. The van der Waals surface area contributed by atoms with E-state index in [1.54, 1.807) is 7.11 Å². The second-order valence-electron chi connectivity index (χ2n) is 8.30. The number of hydrogen-bond acceptors (Lipinski definition) is 4. The molecule has 0 unspecified atom stereocenters.